The molecule has 1 rings (SSSR count). The molecule has 0 heterocycles. The highest BCUT2D eigenvalue weighted by atomic mass is 16.5. The molecule has 1 amide bonds. The maximum Gasteiger partial charge on any atom is 0.220 e. The van der Waals surface area contributed by atoms with Crippen LogP contribution in [0.25, 0.3) is 0 Å². The number of rotatable bonds is 13. The van der Waals surface area contributed by atoms with E-state index < -0.39 is 0 Å². The van der Waals surface area contributed by atoms with Crippen LogP contribution in [0, 0.1) is 0 Å². The summed E-state index contributed by atoms with van der Waals surface area (Å²) in [6.45, 7) is 5.91. The molecule has 0 aromatic rings. The molecule has 2 atom stereocenters. The quantitative estimate of drug-likeness (QED) is 0.519. The van der Waals surface area contributed by atoms with Gasteiger partial charge in [0.15, 0.2) is 0 Å². The summed E-state index contributed by atoms with van der Waals surface area (Å²) in [6.07, 6.45) is 16.1. The van der Waals surface area contributed by atoms with Gasteiger partial charge < -0.3 is 15.8 Å². The van der Waals surface area contributed by atoms with Crippen molar-refractivity contribution in [3.63, 3.8) is 0 Å². The lowest BCUT2D eigenvalue weighted by Gasteiger charge is -2.20. The van der Waals surface area contributed by atoms with Crippen molar-refractivity contribution >= 4 is 5.91 Å². The zero-order chi connectivity index (χ0) is 18.5. The molecule has 25 heavy (non-hydrogen) atoms. The molecule has 1 aliphatic rings. The van der Waals surface area contributed by atoms with Gasteiger partial charge in [-0.25, -0.2) is 0 Å². The van der Waals surface area contributed by atoms with Crippen LogP contribution in [0.5, 0.6) is 0 Å². The second-order valence-electron chi connectivity index (χ2n) is 6.92. The van der Waals surface area contributed by atoms with Crippen LogP contribution in [-0.4, -0.2) is 25.2 Å². The minimum absolute atomic E-state index is 0.131. The third kappa shape index (κ3) is 10.1. The summed E-state index contributed by atoms with van der Waals surface area (Å²) in [5, 5.41) is 3.19. The number of ether oxygens (including phenoxy) is 1. The van der Waals surface area contributed by atoms with Crippen LogP contribution in [0.1, 0.15) is 71.1 Å². The first kappa shape index (κ1) is 21.5. The SMILES string of the molecule is C=C(N)CCC(CCCC(CC)OC)NC(=O)CCC1=CCCC=C1. The van der Waals surface area contributed by atoms with Crippen LogP contribution in [0.15, 0.2) is 36.1 Å². The summed E-state index contributed by atoms with van der Waals surface area (Å²) in [5.74, 6) is 0.131. The maximum absolute atomic E-state index is 12.3. The third-order valence-electron chi connectivity index (χ3n) is 4.76. The van der Waals surface area contributed by atoms with Crippen molar-refractivity contribution in [3.8, 4) is 0 Å². The van der Waals surface area contributed by atoms with E-state index in [-0.39, 0.29) is 11.9 Å². The van der Waals surface area contributed by atoms with E-state index in [1.807, 2.05) is 0 Å². The number of nitrogens with two attached hydrogens (primary N) is 1. The van der Waals surface area contributed by atoms with Crippen molar-refractivity contribution in [1.82, 2.24) is 5.32 Å². The molecule has 0 radical (unpaired) electrons. The molecule has 4 nitrogen and oxygen atoms in total. The Bertz CT molecular complexity index is 465. The Balaban J connectivity index is 2.39. The van der Waals surface area contributed by atoms with Gasteiger partial charge in [0.1, 0.15) is 0 Å². The summed E-state index contributed by atoms with van der Waals surface area (Å²) < 4.78 is 5.43. The van der Waals surface area contributed by atoms with Gasteiger partial charge in [0, 0.05) is 25.3 Å². The summed E-state index contributed by atoms with van der Waals surface area (Å²) >= 11 is 0. The first-order chi connectivity index (χ1) is 12.0. The van der Waals surface area contributed by atoms with E-state index in [0.717, 1.165) is 57.8 Å². The highest BCUT2D eigenvalue weighted by Crippen LogP contribution is 2.16. The molecule has 3 N–H and O–H groups in total. The summed E-state index contributed by atoms with van der Waals surface area (Å²) in [7, 11) is 1.76. The van der Waals surface area contributed by atoms with Gasteiger partial charge >= 0.3 is 0 Å². The largest absolute Gasteiger partial charge is 0.403 e. The minimum Gasteiger partial charge on any atom is -0.403 e. The maximum atomic E-state index is 12.3. The van der Waals surface area contributed by atoms with E-state index in [9.17, 15) is 4.79 Å². The fourth-order valence-corrected chi connectivity index (χ4v) is 3.14. The van der Waals surface area contributed by atoms with Gasteiger partial charge in [-0.05, 0) is 57.8 Å². The lowest BCUT2D eigenvalue weighted by atomic mass is 10.00. The standard InChI is InChI=1S/C21H36N2O2/c1-4-20(25-3)12-8-11-19(15-13-17(2)22)23-21(24)16-14-18-9-6-5-7-10-18/h6,9-10,19-20H,2,4-5,7-8,11-16,22H2,1,3H3,(H,23,24). The summed E-state index contributed by atoms with van der Waals surface area (Å²) in [6, 6.07) is 0.165. The second-order valence-corrected chi connectivity index (χ2v) is 6.92. The zero-order valence-electron chi connectivity index (χ0n) is 16.1. The molecule has 0 aromatic heterocycles. The van der Waals surface area contributed by atoms with E-state index in [1.165, 1.54) is 5.57 Å². The Morgan fingerprint density at radius 3 is 2.72 bits per heavy atom. The number of carbonyl (C=O) groups excluding carboxylic acids is 1. The van der Waals surface area contributed by atoms with Crippen molar-refractivity contribution in [3.05, 3.63) is 36.1 Å². The van der Waals surface area contributed by atoms with Gasteiger partial charge in [-0.3, -0.25) is 4.79 Å². The normalized spacial score (nSPS) is 16.2. The fourth-order valence-electron chi connectivity index (χ4n) is 3.14. The van der Waals surface area contributed by atoms with Crippen molar-refractivity contribution in [1.29, 1.82) is 0 Å². The molecule has 0 saturated carbocycles. The van der Waals surface area contributed by atoms with Crippen molar-refractivity contribution in [2.75, 3.05) is 7.11 Å². The molecular formula is C21H36N2O2. The molecule has 142 valence electrons. The Hall–Kier alpha value is -1.55. The number of hydrogen-bond acceptors (Lipinski definition) is 3. The topological polar surface area (TPSA) is 64.3 Å². The highest BCUT2D eigenvalue weighted by Gasteiger charge is 2.14. The molecule has 0 aliphatic heterocycles. The Morgan fingerprint density at radius 1 is 1.32 bits per heavy atom. The lowest BCUT2D eigenvalue weighted by Crippen LogP contribution is -2.35. The zero-order valence-corrected chi connectivity index (χ0v) is 16.1. The molecule has 0 aromatic carbocycles. The van der Waals surface area contributed by atoms with Crippen LogP contribution in [0.3, 0.4) is 0 Å². The van der Waals surface area contributed by atoms with Gasteiger partial charge in [-0.1, -0.05) is 37.3 Å². The first-order valence-electron chi connectivity index (χ1n) is 9.66. The molecule has 4 heteroatoms. The third-order valence-corrected chi connectivity index (χ3v) is 4.76. The Kier molecular flexibility index (Phi) is 11.0. The fraction of sp³-hybridized carbons (Fsp3) is 0.667. The molecule has 0 saturated heterocycles. The van der Waals surface area contributed by atoms with Gasteiger partial charge in [0.25, 0.3) is 0 Å². The first-order valence-corrected chi connectivity index (χ1v) is 9.66. The van der Waals surface area contributed by atoms with Gasteiger partial charge in [-0.15, -0.1) is 0 Å². The monoisotopic (exact) mass is 348 g/mol. The van der Waals surface area contributed by atoms with Crippen LogP contribution < -0.4 is 11.1 Å². The number of hydrogen-bond donors (Lipinski definition) is 2. The lowest BCUT2D eigenvalue weighted by molar-refractivity contribution is -0.121. The molecule has 2 unspecified atom stereocenters. The minimum atomic E-state index is 0.131. The number of nitrogens with one attached hydrogen (secondary N) is 1. The van der Waals surface area contributed by atoms with E-state index in [4.69, 9.17) is 10.5 Å². The molecule has 0 bridgehead atoms. The van der Waals surface area contributed by atoms with E-state index in [0.29, 0.717) is 18.2 Å². The van der Waals surface area contributed by atoms with Crippen LogP contribution in [-0.2, 0) is 9.53 Å². The predicted molar refractivity (Wildman–Crippen MR) is 105 cm³/mol. The number of carbonyl (C=O) groups is 1. The predicted octanol–water partition coefficient (Wildman–Crippen LogP) is 4.38. The Labute approximate surface area is 153 Å². The van der Waals surface area contributed by atoms with Crippen LogP contribution in [0.2, 0.25) is 0 Å². The summed E-state index contributed by atoms with van der Waals surface area (Å²) in [4.78, 5) is 12.3. The van der Waals surface area contributed by atoms with Crippen molar-refractivity contribution in [2.45, 2.75) is 83.3 Å². The van der Waals surface area contributed by atoms with E-state index >= 15 is 0 Å². The molecule has 0 spiro atoms. The van der Waals surface area contributed by atoms with Gasteiger partial charge in [-0.2, -0.15) is 0 Å². The van der Waals surface area contributed by atoms with Crippen molar-refractivity contribution in [2.24, 2.45) is 5.73 Å². The van der Waals surface area contributed by atoms with Crippen LogP contribution in [0.4, 0.5) is 0 Å². The average molecular weight is 349 g/mol. The van der Waals surface area contributed by atoms with Gasteiger partial charge in [0.2, 0.25) is 5.91 Å². The molecule has 0 fully saturated rings. The van der Waals surface area contributed by atoms with E-state index in [2.05, 4.69) is 37.0 Å². The Morgan fingerprint density at radius 2 is 2.12 bits per heavy atom. The average Bonchev–Trinajstić information content (AvgIpc) is 2.62. The molecular weight excluding hydrogens is 312 g/mol. The van der Waals surface area contributed by atoms with Crippen molar-refractivity contribution < 1.29 is 9.53 Å². The second kappa shape index (κ2) is 12.8. The van der Waals surface area contributed by atoms with Gasteiger partial charge in [0.05, 0.1) is 6.10 Å². The van der Waals surface area contributed by atoms with E-state index in [1.54, 1.807) is 7.11 Å². The number of amides is 1. The summed E-state index contributed by atoms with van der Waals surface area (Å²) in [5.41, 5.74) is 7.66. The number of methoxy groups -OCH3 is 1. The smallest absolute Gasteiger partial charge is 0.220 e. The molecule has 1 aliphatic carbocycles. The number of allylic oxidation sites excluding steroid dienone is 5. The van der Waals surface area contributed by atoms with Crippen LogP contribution >= 0.6 is 0 Å². The highest BCUT2D eigenvalue weighted by molar-refractivity contribution is 5.76.